The van der Waals surface area contributed by atoms with Crippen LogP contribution in [0.3, 0.4) is 0 Å². The number of carbonyl (C=O) groups is 4. The van der Waals surface area contributed by atoms with Gasteiger partial charge in [0, 0.05) is 32.4 Å². The second-order valence-corrected chi connectivity index (χ2v) is 16.2. The van der Waals surface area contributed by atoms with Crippen molar-refractivity contribution >= 4 is 45.5 Å². The van der Waals surface area contributed by atoms with Crippen molar-refractivity contribution in [3.05, 3.63) is 108 Å². The summed E-state index contributed by atoms with van der Waals surface area (Å²) in [4.78, 5) is 60.8. The molecule has 2 atom stereocenters. The first-order valence-electron chi connectivity index (χ1n) is 18.4. The van der Waals surface area contributed by atoms with Crippen LogP contribution < -0.4 is 20.7 Å². The summed E-state index contributed by atoms with van der Waals surface area (Å²) in [7, 11) is -2.49. The number of amides is 3. The van der Waals surface area contributed by atoms with Crippen molar-refractivity contribution in [2.45, 2.75) is 76.5 Å². The molecule has 4 rings (SSSR count). The zero-order valence-corrected chi connectivity index (χ0v) is 33.4. The normalized spacial score (nSPS) is 15.6. The number of benzene rings is 3. The number of nitrogens with one attached hydrogen (secondary N) is 2. The molecule has 14 nitrogen and oxygen atoms in total. The number of aryl methyl sites for hydroxylation is 1. The number of sulfonamides is 1. The predicted octanol–water partition coefficient (Wildman–Crippen LogP) is 4.83. The van der Waals surface area contributed by atoms with Crippen LogP contribution in [0, 0.1) is 12.8 Å². The maximum atomic E-state index is 13.9. The van der Waals surface area contributed by atoms with Crippen molar-refractivity contribution in [2.75, 3.05) is 31.6 Å². The van der Waals surface area contributed by atoms with Crippen molar-refractivity contribution in [2.24, 2.45) is 16.6 Å². The van der Waals surface area contributed by atoms with Gasteiger partial charge in [-0.15, -0.1) is 0 Å². The number of para-hydroxylation sites is 1. The summed E-state index contributed by atoms with van der Waals surface area (Å²) in [5.74, 6) is -2.44. The highest BCUT2D eigenvalue weighted by Crippen LogP contribution is 2.26. The summed E-state index contributed by atoms with van der Waals surface area (Å²) >= 11 is 0. The Hall–Kier alpha value is -5.70. The molecule has 1 aliphatic heterocycles. The fourth-order valence-electron chi connectivity index (χ4n) is 5.85. The molecule has 300 valence electrons. The van der Waals surface area contributed by atoms with Gasteiger partial charge in [-0.2, -0.15) is 0 Å². The Morgan fingerprint density at radius 3 is 2.29 bits per heavy atom. The Balaban J connectivity index is 1.46. The Bertz CT molecular complexity index is 1980. The molecule has 0 saturated heterocycles. The predicted molar refractivity (Wildman–Crippen MR) is 214 cm³/mol. The molecule has 3 aromatic rings. The molecule has 0 fully saturated rings. The van der Waals surface area contributed by atoms with Crippen LogP contribution in [0.5, 0.6) is 0 Å². The lowest BCUT2D eigenvalue weighted by molar-refractivity contribution is -0.147. The number of rotatable bonds is 15. The Kier molecular flexibility index (Phi) is 15.2. The molecular weight excluding hydrogens is 737 g/mol. The number of ether oxygens (including phenoxy) is 2. The van der Waals surface area contributed by atoms with Crippen LogP contribution in [0.2, 0.25) is 0 Å². The van der Waals surface area contributed by atoms with E-state index in [2.05, 4.69) is 15.0 Å². The van der Waals surface area contributed by atoms with Gasteiger partial charge in [0.1, 0.15) is 18.2 Å². The standard InChI is InChI=1S/C41H52N6O8S/c1-29-18-20-34(21-19-29)56(52,53)45-39(42)43-23-12-17-35(46(5)40(51)55-41(2,3)4)37(49)44-27-31-22-24-47(33-15-10-7-11-16-33)38(50)32(25-31)26-36(48)54-28-30-13-8-6-9-14-30/h6-11,13-16,18-21,25,32,35H,12,17,22-24,26-28H2,1-5H3,(H,44,49)(H3,42,43,45)/t32?,35-/m0/s1. The van der Waals surface area contributed by atoms with E-state index < -0.39 is 45.6 Å². The fraction of sp³-hybridized carbons (Fsp3) is 0.390. The van der Waals surface area contributed by atoms with Crippen molar-refractivity contribution in [1.82, 2.24) is 14.9 Å². The van der Waals surface area contributed by atoms with Gasteiger partial charge < -0.3 is 25.4 Å². The molecule has 1 unspecified atom stereocenters. The van der Waals surface area contributed by atoms with Crippen LogP contribution in [0.4, 0.5) is 10.5 Å². The highest BCUT2D eigenvalue weighted by Gasteiger charge is 2.32. The van der Waals surface area contributed by atoms with Crippen molar-refractivity contribution in [3.63, 3.8) is 0 Å². The van der Waals surface area contributed by atoms with Crippen molar-refractivity contribution in [1.29, 1.82) is 0 Å². The quantitative estimate of drug-likeness (QED) is 0.0637. The molecule has 0 saturated carbocycles. The number of esters is 1. The number of likely N-dealkylation sites (N-methyl/N-ethyl adjacent to an activating group) is 1. The molecule has 0 aromatic heterocycles. The average molecular weight is 789 g/mol. The third-order valence-corrected chi connectivity index (χ3v) is 10.2. The fourth-order valence-corrected chi connectivity index (χ4v) is 6.80. The van der Waals surface area contributed by atoms with Crippen LogP contribution in [0.15, 0.2) is 106 Å². The highest BCUT2D eigenvalue weighted by molar-refractivity contribution is 7.90. The lowest BCUT2D eigenvalue weighted by Crippen LogP contribution is -2.49. The second kappa shape index (κ2) is 19.8. The van der Waals surface area contributed by atoms with E-state index in [1.54, 1.807) is 43.9 Å². The van der Waals surface area contributed by atoms with E-state index in [9.17, 15) is 27.6 Å². The third-order valence-electron chi connectivity index (χ3n) is 8.80. The lowest BCUT2D eigenvalue weighted by atomic mass is 10.0. The minimum Gasteiger partial charge on any atom is -0.461 e. The molecule has 4 N–H and O–H groups in total. The van der Waals surface area contributed by atoms with Crippen molar-refractivity contribution in [3.8, 4) is 0 Å². The van der Waals surface area contributed by atoms with Gasteiger partial charge in [0.15, 0.2) is 0 Å². The van der Waals surface area contributed by atoms with Gasteiger partial charge in [0.05, 0.1) is 17.2 Å². The Morgan fingerprint density at radius 2 is 1.64 bits per heavy atom. The Morgan fingerprint density at radius 1 is 1.00 bits per heavy atom. The van der Waals surface area contributed by atoms with Crippen LogP contribution in [0.25, 0.3) is 0 Å². The summed E-state index contributed by atoms with van der Waals surface area (Å²) in [6, 6.07) is 23.7. The van der Waals surface area contributed by atoms with Crippen molar-refractivity contribution < 1.29 is 37.1 Å². The molecular formula is C41H52N6O8S. The third kappa shape index (κ3) is 13.3. The van der Waals surface area contributed by atoms with Crippen LogP contribution in [0.1, 0.15) is 57.6 Å². The molecule has 1 heterocycles. The van der Waals surface area contributed by atoms with Gasteiger partial charge >= 0.3 is 12.1 Å². The summed E-state index contributed by atoms with van der Waals surface area (Å²) in [5.41, 5.74) is 8.21. The number of hydrogen-bond donors (Lipinski definition) is 3. The maximum absolute atomic E-state index is 13.9. The van der Waals surface area contributed by atoms with Gasteiger partial charge in [-0.1, -0.05) is 77.9 Å². The summed E-state index contributed by atoms with van der Waals surface area (Å²) < 4.78 is 38.7. The number of carbonyl (C=O) groups excluding carboxylic acids is 4. The topological polar surface area (TPSA) is 190 Å². The van der Waals surface area contributed by atoms with Crippen LogP contribution >= 0.6 is 0 Å². The number of aliphatic imine (C=N–C) groups is 1. The van der Waals surface area contributed by atoms with E-state index in [-0.39, 0.29) is 55.7 Å². The van der Waals surface area contributed by atoms with Gasteiger partial charge in [0.25, 0.3) is 10.0 Å². The van der Waals surface area contributed by atoms with Crippen LogP contribution in [-0.2, 0) is 40.5 Å². The smallest absolute Gasteiger partial charge is 0.410 e. The van der Waals surface area contributed by atoms with E-state index in [0.29, 0.717) is 18.7 Å². The number of nitrogens with two attached hydrogens (primary N) is 1. The van der Waals surface area contributed by atoms with E-state index in [4.69, 9.17) is 15.2 Å². The first-order valence-corrected chi connectivity index (χ1v) is 19.9. The maximum Gasteiger partial charge on any atom is 0.410 e. The molecule has 0 aliphatic carbocycles. The largest absolute Gasteiger partial charge is 0.461 e. The molecule has 0 radical (unpaired) electrons. The van der Waals surface area contributed by atoms with E-state index in [1.165, 1.54) is 24.1 Å². The minimum atomic E-state index is -3.95. The molecule has 3 aromatic carbocycles. The van der Waals surface area contributed by atoms with Crippen LogP contribution in [-0.4, -0.2) is 81.5 Å². The minimum absolute atomic E-state index is 0.0345. The number of anilines is 1. The second-order valence-electron chi connectivity index (χ2n) is 14.5. The van der Waals surface area contributed by atoms with E-state index in [0.717, 1.165) is 16.7 Å². The molecule has 15 heteroatoms. The van der Waals surface area contributed by atoms with Gasteiger partial charge in [-0.3, -0.25) is 24.3 Å². The molecule has 1 aliphatic rings. The lowest BCUT2D eigenvalue weighted by Gasteiger charge is -2.30. The Labute approximate surface area is 329 Å². The van der Waals surface area contributed by atoms with Gasteiger partial charge in [-0.25, -0.2) is 17.9 Å². The first-order chi connectivity index (χ1) is 26.5. The van der Waals surface area contributed by atoms with Gasteiger partial charge in [0.2, 0.25) is 17.8 Å². The number of hydrogen-bond acceptors (Lipinski definition) is 9. The first kappa shape index (κ1) is 43.0. The number of guanidine groups is 1. The number of nitrogens with zero attached hydrogens (tertiary/aromatic N) is 3. The van der Waals surface area contributed by atoms with E-state index >= 15 is 0 Å². The highest BCUT2D eigenvalue weighted by atomic mass is 32.2. The van der Waals surface area contributed by atoms with Gasteiger partial charge in [-0.05, 0) is 76.8 Å². The van der Waals surface area contributed by atoms with E-state index in [1.807, 2.05) is 67.6 Å². The zero-order valence-electron chi connectivity index (χ0n) is 32.6. The molecule has 3 amide bonds. The summed E-state index contributed by atoms with van der Waals surface area (Å²) in [6.07, 6.45) is 1.62. The molecule has 0 spiro atoms. The summed E-state index contributed by atoms with van der Waals surface area (Å²) in [5, 5.41) is 2.92. The average Bonchev–Trinajstić information content (AvgIpc) is 3.30. The zero-order chi connectivity index (χ0) is 40.9. The monoisotopic (exact) mass is 788 g/mol. The molecule has 56 heavy (non-hydrogen) atoms. The molecule has 0 bridgehead atoms. The summed E-state index contributed by atoms with van der Waals surface area (Å²) in [6.45, 7) is 7.49. The SMILES string of the molecule is Cc1ccc(S(=O)(=O)NC(N)=NCCC[C@@H](C(=O)NCC2=CC(CC(=O)OCc3ccccc3)C(=O)N(c3ccccc3)CC2)N(C)C(=O)OC(C)(C)C)cc1.